The summed E-state index contributed by atoms with van der Waals surface area (Å²) in [7, 11) is 1.24. The maximum absolute atomic E-state index is 13.3. The first-order valence-corrected chi connectivity index (χ1v) is 9.86. The van der Waals surface area contributed by atoms with Crippen molar-refractivity contribution in [1.29, 1.82) is 0 Å². The van der Waals surface area contributed by atoms with Crippen molar-refractivity contribution in [3.8, 4) is 22.6 Å². The molecular formula is C23H17F3N6O2. The van der Waals surface area contributed by atoms with E-state index in [1.54, 1.807) is 24.3 Å². The number of nitrogen functional groups attached to an aromatic ring is 1. The first kappa shape index (κ1) is 22.6. The molecule has 0 saturated heterocycles. The zero-order valence-corrected chi connectivity index (χ0v) is 18.0. The Bertz CT molecular complexity index is 1570. The van der Waals surface area contributed by atoms with E-state index >= 15 is 0 Å². The second kappa shape index (κ2) is 8.08. The zero-order valence-electron chi connectivity index (χ0n) is 18.0. The van der Waals surface area contributed by atoms with Crippen molar-refractivity contribution in [2.24, 2.45) is 7.05 Å². The fraction of sp³-hybridized carbons (Fsp3) is 0.130. The molecule has 0 fully saturated rings. The smallest absolute Gasteiger partial charge is 0.396 e. The van der Waals surface area contributed by atoms with Gasteiger partial charge in [0, 0.05) is 12.7 Å². The fourth-order valence-corrected chi connectivity index (χ4v) is 3.69. The third-order valence-corrected chi connectivity index (χ3v) is 5.38. The average molecular weight is 466 g/mol. The number of halogens is 3. The largest absolute Gasteiger partial charge is 0.416 e. The molecule has 11 heteroatoms. The first-order chi connectivity index (χ1) is 16.0. The minimum Gasteiger partial charge on any atom is -0.396 e. The van der Waals surface area contributed by atoms with Crippen molar-refractivity contribution >= 4 is 11.4 Å². The molecule has 0 aliphatic rings. The third-order valence-electron chi connectivity index (χ3n) is 5.38. The molecule has 2 aromatic carbocycles. The Balaban J connectivity index is 2.02. The van der Waals surface area contributed by atoms with Crippen molar-refractivity contribution in [3.05, 3.63) is 98.2 Å². The number of nitrogens with two attached hydrogens (primary N) is 1. The summed E-state index contributed by atoms with van der Waals surface area (Å²) in [5, 5.41) is 4.23. The minimum atomic E-state index is -4.61. The molecule has 2 aromatic heterocycles. The van der Waals surface area contributed by atoms with Crippen LogP contribution in [0.15, 0.2) is 64.3 Å². The van der Waals surface area contributed by atoms with Crippen molar-refractivity contribution in [2.75, 3.05) is 5.73 Å². The number of benzene rings is 2. The fourth-order valence-electron chi connectivity index (χ4n) is 3.69. The summed E-state index contributed by atoms with van der Waals surface area (Å²) in [5.41, 5.74) is 4.96. The van der Waals surface area contributed by atoms with Gasteiger partial charge < -0.3 is 5.73 Å². The topological polar surface area (TPSA) is 92.2 Å². The van der Waals surface area contributed by atoms with Crippen molar-refractivity contribution in [1.82, 2.24) is 18.9 Å². The van der Waals surface area contributed by atoms with Gasteiger partial charge in [-0.15, -0.1) is 0 Å². The van der Waals surface area contributed by atoms with Crippen LogP contribution in [-0.4, -0.2) is 18.9 Å². The molecule has 0 saturated carbocycles. The second-order valence-corrected chi connectivity index (χ2v) is 7.48. The van der Waals surface area contributed by atoms with Crippen LogP contribution in [0.4, 0.5) is 24.5 Å². The van der Waals surface area contributed by atoms with E-state index in [4.69, 9.17) is 12.3 Å². The second-order valence-electron chi connectivity index (χ2n) is 7.48. The van der Waals surface area contributed by atoms with Gasteiger partial charge in [0.1, 0.15) is 5.69 Å². The van der Waals surface area contributed by atoms with Gasteiger partial charge in [-0.25, -0.2) is 14.3 Å². The lowest BCUT2D eigenvalue weighted by molar-refractivity contribution is -0.137. The number of nitrogens with zero attached hydrogens (tertiary/aromatic N) is 5. The summed E-state index contributed by atoms with van der Waals surface area (Å²) in [6, 6.07) is 10.6. The molecule has 4 rings (SSSR count). The van der Waals surface area contributed by atoms with Gasteiger partial charge in [-0.2, -0.15) is 18.3 Å². The van der Waals surface area contributed by atoms with E-state index in [2.05, 4.69) is 9.94 Å². The molecule has 2 heterocycles. The van der Waals surface area contributed by atoms with E-state index < -0.39 is 23.0 Å². The Morgan fingerprint density at radius 1 is 1.06 bits per heavy atom. The number of aromatic nitrogens is 4. The maximum atomic E-state index is 13.3. The molecular weight excluding hydrogens is 449 g/mol. The highest BCUT2D eigenvalue weighted by Gasteiger charge is 2.31. The van der Waals surface area contributed by atoms with Crippen LogP contribution in [0.2, 0.25) is 0 Å². The van der Waals surface area contributed by atoms with Gasteiger partial charge in [0.15, 0.2) is 5.69 Å². The van der Waals surface area contributed by atoms with Gasteiger partial charge in [-0.05, 0) is 37.3 Å². The van der Waals surface area contributed by atoms with Crippen LogP contribution < -0.4 is 17.0 Å². The summed E-state index contributed by atoms with van der Waals surface area (Å²) in [5.74, 6) is 0. The van der Waals surface area contributed by atoms with Crippen LogP contribution in [0.3, 0.4) is 0 Å². The van der Waals surface area contributed by atoms with Crippen molar-refractivity contribution < 1.29 is 13.2 Å². The van der Waals surface area contributed by atoms with E-state index in [-0.39, 0.29) is 28.3 Å². The summed E-state index contributed by atoms with van der Waals surface area (Å²) >= 11 is 0. The Morgan fingerprint density at radius 2 is 1.74 bits per heavy atom. The van der Waals surface area contributed by atoms with Crippen LogP contribution in [0.5, 0.6) is 0 Å². The molecule has 0 aliphatic heterocycles. The number of hydrogen-bond donors (Lipinski definition) is 1. The van der Waals surface area contributed by atoms with Gasteiger partial charge in [-0.1, -0.05) is 18.2 Å². The van der Waals surface area contributed by atoms with E-state index in [0.717, 1.165) is 21.3 Å². The number of rotatable bonds is 3. The molecule has 0 spiro atoms. The van der Waals surface area contributed by atoms with Gasteiger partial charge in [-0.3, -0.25) is 13.9 Å². The lowest BCUT2D eigenvalue weighted by Crippen LogP contribution is -2.40. The quantitative estimate of drug-likeness (QED) is 0.465. The molecule has 0 atom stereocenters. The molecule has 2 N–H and O–H groups in total. The molecule has 4 aromatic rings. The Hall–Kier alpha value is -4.59. The summed E-state index contributed by atoms with van der Waals surface area (Å²) < 4.78 is 43.1. The lowest BCUT2D eigenvalue weighted by Gasteiger charge is -2.18. The Kier molecular flexibility index (Phi) is 5.37. The molecule has 34 heavy (non-hydrogen) atoms. The monoisotopic (exact) mass is 466 g/mol. The molecule has 0 unspecified atom stereocenters. The molecule has 172 valence electrons. The van der Waals surface area contributed by atoms with Gasteiger partial charge in [0.2, 0.25) is 0 Å². The van der Waals surface area contributed by atoms with Crippen LogP contribution in [0.25, 0.3) is 27.5 Å². The van der Waals surface area contributed by atoms with Gasteiger partial charge >= 0.3 is 11.9 Å². The summed E-state index contributed by atoms with van der Waals surface area (Å²) in [4.78, 5) is 29.5. The predicted molar refractivity (Wildman–Crippen MR) is 120 cm³/mol. The molecule has 0 amide bonds. The van der Waals surface area contributed by atoms with Crippen LogP contribution in [-0.2, 0) is 13.2 Å². The van der Waals surface area contributed by atoms with Crippen molar-refractivity contribution in [3.63, 3.8) is 0 Å². The van der Waals surface area contributed by atoms with E-state index in [1.807, 2.05) is 0 Å². The zero-order chi connectivity index (χ0) is 24.8. The molecule has 0 radical (unpaired) electrons. The van der Waals surface area contributed by atoms with E-state index in [9.17, 15) is 22.8 Å². The average Bonchev–Trinajstić information content (AvgIpc) is 3.18. The summed E-state index contributed by atoms with van der Waals surface area (Å²) in [6.45, 7) is 8.55. The maximum Gasteiger partial charge on any atom is 0.416 e. The van der Waals surface area contributed by atoms with Crippen LogP contribution in [0.1, 0.15) is 11.3 Å². The Morgan fingerprint density at radius 3 is 2.35 bits per heavy atom. The van der Waals surface area contributed by atoms with E-state index in [0.29, 0.717) is 11.4 Å². The molecule has 0 bridgehead atoms. The first-order valence-electron chi connectivity index (χ1n) is 9.86. The normalized spacial score (nSPS) is 11.4. The highest BCUT2D eigenvalue weighted by molar-refractivity contribution is 5.76. The number of anilines is 1. The predicted octanol–water partition coefficient (Wildman–Crippen LogP) is 3.85. The lowest BCUT2D eigenvalue weighted by atomic mass is 10.1. The number of hydrogen-bond acceptors (Lipinski definition) is 4. The van der Waals surface area contributed by atoms with Crippen LogP contribution in [0, 0.1) is 13.5 Å². The number of alkyl halides is 3. The van der Waals surface area contributed by atoms with Gasteiger partial charge in [0.25, 0.3) is 5.56 Å². The minimum absolute atomic E-state index is 0.00349. The molecule has 0 aliphatic carbocycles. The summed E-state index contributed by atoms with van der Waals surface area (Å²) in [6.07, 6.45) is -3.28. The standard InChI is InChI=1S/C23H17F3N6O2/c1-13-19(20-18(27)12-29-32(20)16-9-7-15(28-2)8-10-16)21(33)30(3)22(34)31(13)17-6-4-5-14(11-17)23(24,25)26/h4-12H,27H2,1,3H3. The van der Waals surface area contributed by atoms with Crippen LogP contribution >= 0.6 is 0 Å². The van der Waals surface area contributed by atoms with Crippen molar-refractivity contribution in [2.45, 2.75) is 13.1 Å². The SMILES string of the molecule is [C-]#[N+]c1ccc(-n2ncc(N)c2-c2c(C)n(-c3cccc(C(F)(F)F)c3)c(=O)n(C)c2=O)cc1. The van der Waals surface area contributed by atoms with E-state index in [1.165, 1.54) is 37.0 Å². The highest BCUT2D eigenvalue weighted by Crippen LogP contribution is 2.32. The Labute approximate surface area is 190 Å². The van der Waals surface area contributed by atoms with Gasteiger partial charge in [0.05, 0.1) is 41.0 Å². The molecule has 8 nitrogen and oxygen atoms in total. The highest BCUT2D eigenvalue weighted by atomic mass is 19.4. The third kappa shape index (κ3) is 3.65.